The summed E-state index contributed by atoms with van der Waals surface area (Å²) in [6.07, 6.45) is 4.02. The number of piperidine rings is 1. The van der Waals surface area contributed by atoms with Gasteiger partial charge in [-0.25, -0.2) is 12.7 Å². The van der Waals surface area contributed by atoms with Crippen LogP contribution in [0, 0.1) is 0 Å². The van der Waals surface area contributed by atoms with Crippen LogP contribution in [-0.4, -0.2) is 56.0 Å². The van der Waals surface area contributed by atoms with Crippen molar-refractivity contribution >= 4 is 15.9 Å². The Balaban J connectivity index is 1.67. The van der Waals surface area contributed by atoms with Gasteiger partial charge in [-0.2, -0.15) is 0 Å². The highest BCUT2D eigenvalue weighted by atomic mass is 32.2. The number of unbranched alkanes of at least 4 members (excludes halogenated alkanes) is 1. The Morgan fingerprint density at radius 1 is 0.968 bits per heavy atom. The maximum Gasteiger partial charge on any atom is 0.233 e. The van der Waals surface area contributed by atoms with Crippen molar-refractivity contribution < 1.29 is 13.2 Å². The maximum atomic E-state index is 13.7. The molecule has 1 aliphatic heterocycles. The minimum atomic E-state index is -3.24. The largest absolute Gasteiger partial charge is 0.345 e. The van der Waals surface area contributed by atoms with Crippen LogP contribution in [0.25, 0.3) is 0 Å². The standard InChI is InChI=1S/C25H34N2O3S/c1-3-31(29,30)27-20-17-25(18-21-27,23-15-8-5-9-16-23)24(28)26(2)19-11-10-14-22-12-6-4-7-13-22/h4-9,12-13,15-16H,3,10-11,14,17-21H2,1-2H3. The zero-order chi connectivity index (χ0) is 22.3. The Morgan fingerprint density at radius 3 is 2.13 bits per heavy atom. The molecule has 1 heterocycles. The van der Waals surface area contributed by atoms with Crippen LogP contribution in [0.1, 0.15) is 43.7 Å². The Labute approximate surface area is 187 Å². The van der Waals surface area contributed by atoms with Gasteiger partial charge in [0.1, 0.15) is 0 Å². The lowest BCUT2D eigenvalue weighted by atomic mass is 9.72. The van der Waals surface area contributed by atoms with Crippen molar-refractivity contribution in [2.24, 2.45) is 0 Å². The zero-order valence-electron chi connectivity index (χ0n) is 18.7. The van der Waals surface area contributed by atoms with Crippen molar-refractivity contribution in [3.05, 3.63) is 71.8 Å². The number of carbonyl (C=O) groups excluding carboxylic acids is 1. The quantitative estimate of drug-likeness (QED) is 0.554. The predicted molar refractivity (Wildman–Crippen MR) is 125 cm³/mol. The van der Waals surface area contributed by atoms with E-state index >= 15 is 0 Å². The third-order valence-electron chi connectivity index (χ3n) is 6.47. The van der Waals surface area contributed by atoms with Gasteiger partial charge in [0.15, 0.2) is 0 Å². The molecule has 0 unspecified atom stereocenters. The molecule has 1 saturated heterocycles. The highest BCUT2D eigenvalue weighted by Gasteiger charge is 2.45. The molecule has 2 aromatic rings. The fourth-order valence-electron chi connectivity index (χ4n) is 4.50. The van der Waals surface area contributed by atoms with E-state index in [1.165, 1.54) is 5.56 Å². The number of aryl methyl sites for hydroxylation is 1. The first-order chi connectivity index (χ1) is 14.9. The molecule has 31 heavy (non-hydrogen) atoms. The number of likely N-dealkylation sites (N-methyl/N-ethyl adjacent to an activating group) is 1. The highest BCUT2D eigenvalue weighted by Crippen LogP contribution is 2.38. The van der Waals surface area contributed by atoms with Crippen LogP contribution in [0.4, 0.5) is 0 Å². The summed E-state index contributed by atoms with van der Waals surface area (Å²) in [5, 5.41) is 0. The molecule has 1 aliphatic rings. The van der Waals surface area contributed by atoms with Gasteiger partial charge in [0, 0.05) is 26.7 Å². The number of hydrogen-bond acceptors (Lipinski definition) is 3. The van der Waals surface area contributed by atoms with Gasteiger partial charge < -0.3 is 4.90 Å². The Bertz CT molecular complexity index is 937. The summed E-state index contributed by atoms with van der Waals surface area (Å²) in [5.41, 5.74) is 1.65. The SMILES string of the molecule is CCS(=O)(=O)N1CCC(C(=O)N(C)CCCCc2ccccc2)(c2ccccc2)CC1. The van der Waals surface area contributed by atoms with Crippen LogP contribution in [-0.2, 0) is 26.7 Å². The zero-order valence-corrected chi connectivity index (χ0v) is 19.5. The first-order valence-electron chi connectivity index (χ1n) is 11.2. The molecule has 0 N–H and O–H groups in total. The Kier molecular flexibility index (Phi) is 7.89. The number of nitrogens with zero attached hydrogens (tertiary/aromatic N) is 2. The third kappa shape index (κ3) is 5.55. The van der Waals surface area contributed by atoms with E-state index in [0.29, 0.717) is 32.5 Å². The topological polar surface area (TPSA) is 57.7 Å². The molecule has 0 saturated carbocycles. The highest BCUT2D eigenvalue weighted by molar-refractivity contribution is 7.89. The number of benzene rings is 2. The van der Waals surface area contributed by atoms with Gasteiger partial charge in [-0.05, 0) is 50.2 Å². The van der Waals surface area contributed by atoms with Crippen molar-refractivity contribution in [1.29, 1.82) is 0 Å². The monoisotopic (exact) mass is 442 g/mol. The summed E-state index contributed by atoms with van der Waals surface area (Å²) in [6, 6.07) is 20.3. The van der Waals surface area contributed by atoms with Crippen LogP contribution in [0.2, 0.25) is 0 Å². The van der Waals surface area contributed by atoms with Gasteiger partial charge in [0.2, 0.25) is 15.9 Å². The van der Waals surface area contributed by atoms with E-state index in [0.717, 1.165) is 24.8 Å². The van der Waals surface area contributed by atoms with E-state index < -0.39 is 15.4 Å². The second-order valence-electron chi connectivity index (χ2n) is 8.42. The van der Waals surface area contributed by atoms with E-state index in [1.807, 2.05) is 48.3 Å². The van der Waals surface area contributed by atoms with Crippen molar-refractivity contribution in [2.75, 3.05) is 32.4 Å². The third-order valence-corrected chi connectivity index (χ3v) is 8.35. The molecule has 0 radical (unpaired) electrons. The smallest absolute Gasteiger partial charge is 0.233 e. The van der Waals surface area contributed by atoms with E-state index in [9.17, 15) is 13.2 Å². The molecule has 6 heteroatoms. The van der Waals surface area contributed by atoms with Crippen molar-refractivity contribution in [1.82, 2.24) is 9.21 Å². The van der Waals surface area contributed by atoms with Gasteiger partial charge >= 0.3 is 0 Å². The average Bonchev–Trinajstić information content (AvgIpc) is 2.82. The molecular weight excluding hydrogens is 408 g/mol. The fraction of sp³-hybridized carbons (Fsp3) is 0.480. The van der Waals surface area contributed by atoms with Gasteiger partial charge in [-0.15, -0.1) is 0 Å². The van der Waals surface area contributed by atoms with E-state index in [4.69, 9.17) is 0 Å². The summed E-state index contributed by atoms with van der Waals surface area (Å²) in [5.74, 6) is 0.201. The predicted octanol–water partition coefficient (Wildman–Crippen LogP) is 3.85. The van der Waals surface area contributed by atoms with Crippen LogP contribution in [0.15, 0.2) is 60.7 Å². The normalized spacial score (nSPS) is 16.7. The number of carbonyl (C=O) groups is 1. The molecule has 2 aromatic carbocycles. The molecule has 0 atom stereocenters. The number of amides is 1. The minimum absolute atomic E-state index is 0.0978. The van der Waals surface area contributed by atoms with Crippen LogP contribution < -0.4 is 0 Å². The lowest BCUT2D eigenvalue weighted by Crippen LogP contribution is -2.53. The summed E-state index contributed by atoms with van der Waals surface area (Å²) >= 11 is 0. The summed E-state index contributed by atoms with van der Waals surface area (Å²) < 4.78 is 26.2. The summed E-state index contributed by atoms with van der Waals surface area (Å²) in [4.78, 5) is 15.5. The molecule has 1 fully saturated rings. The van der Waals surface area contributed by atoms with Crippen molar-refractivity contribution in [3.63, 3.8) is 0 Å². The fourth-order valence-corrected chi connectivity index (χ4v) is 5.61. The maximum absolute atomic E-state index is 13.7. The van der Waals surface area contributed by atoms with Crippen LogP contribution in [0.5, 0.6) is 0 Å². The molecule has 0 aromatic heterocycles. The number of sulfonamides is 1. The van der Waals surface area contributed by atoms with E-state index in [2.05, 4.69) is 24.3 Å². The lowest BCUT2D eigenvalue weighted by molar-refractivity contribution is -0.137. The van der Waals surface area contributed by atoms with Gasteiger partial charge in [-0.3, -0.25) is 4.79 Å². The Morgan fingerprint density at radius 2 is 1.55 bits per heavy atom. The van der Waals surface area contributed by atoms with Crippen LogP contribution >= 0.6 is 0 Å². The van der Waals surface area contributed by atoms with Crippen LogP contribution in [0.3, 0.4) is 0 Å². The van der Waals surface area contributed by atoms with Crippen molar-refractivity contribution in [2.45, 2.75) is 44.4 Å². The first-order valence-corrected chi connectivity index (χ1v) is 12.8. The molecule has 0 bridgehead atoms. The second-order valence-corrected chi connectivity index (χ2v) is 10.7. The molecular formula is C25H34N2O3S. The average molecular weight is 443 g/mol. The minimum Gasteiger partial charge on any atom is -0.345 e. The molecule has 1 amide bonds. The molecule has 0 aliphatic carbocycles. The molecule has 168 valence electrons. The molecule has 3 rings (SSSR count). The van der Waals surface area contributed by atoms with Gasteiger partial charge in [0.25, 0.3) is 0 Å². The first kappa shape index (κ1) is 23.5. The second kappa shape index (κ2) is 10.4. The summed E-state index contributed by atoms with van der Waals surface area (Å²) in [6.45, 7) is 3.15. The molecule has 5 nitrogen and oxygen atoms in total. The van der Waals surface area contributed by atoms with E-state index in [-0.39, 0.29) is 11.7 Å². The Hall–Kier alpha value is -2.18. The van der Waals surface area contributed by atoms with Crippen molar-refractivity contribution in [3.8, 4) is 0 Å². The molecule has 0 spiro atoms. The number of rotatable bonds is 9. The van der Waals surface area contributed by atoms with E-state index in [1.54, 1.807) is 11.2 Å². The van der Waals surface area contributed by atoms with Gasteiger partial charge in [0.05, 0.1) is 11.2 Å². The lowest BCUT2D eigenvalue weighted by Gasteiger charge is -2.42. The number of hydrogen-bond donors (Lipinski definition) is 0. The summed E-state index contributed by atoms with van der Waals surface area (Å²) in [7, 11) is -1.36. The van der Waals surface area contributed by atoms with Gasteiger partial charge in [-0.1, -0.05) is 60.7 Å².